The second kappa shape index (κ2) is 14.0. The fourth-order valence-electron chi connectivity index (χ4n) is 3.51. The second-order valence-electron chi connectivity index (χ2n) is 9.91. The molecule has 3 rings (SSSR count). The van der Waals surface area contributed by atoms with E-state index in [0.29, 0.717) is 36.6 Å². The number of anilines is 2. The number of para-hydroxylation sites is 1. The summed E-state index contributed by atoms with van der Waals surface area (Å²) >= 11 is 1.41. The fourth-order valence-corrected chi connectivity index (χ4v) is 4.52. The minimum absolute atomic E-state index is 0.0474. The van der Waals surface area contributed by atoms with Gasteiger partial charge in [0.25, 0.3) is 5.91 Å². The summed E-state index contributed by atoms with van der Waals surface area (Å²) in [5.74, 6) is 0.000690. The van der Waals surface area contributed by atoms with Crippen molar-refractivity contribution in [1.82, 2.24) is 14.7 Å². The standard InChI is InChI=1S/C17H25N3O3S.C7H9N.C3H9N/c1-6-19-7-8-20(17(4,5)16(19)23)15(22)12-9-13(11(2)3)24-14(12)18-10-21;1-6-4-2-3-5-7(6)8;1-4(2)3/h9-11H,6-8H2,1-5H3,(H,18,21);2-5H,8H2,1H3;1-3H3. The first-order chi connectivity index (χ1) is 16.8. The lowest BCUT2D eigenvalue weighted by Crippen LogP contribution is -2.64. The number of amides is 3. The van der Waals surface area contributed by atoms with Crippen LogP contribution in [0.15, 0.2) is 30.3 Å². The number of nitrogens with one attached hydrogen (secondary N) is 1. The zero-order valence-electron chi connectivity index (χ0n) is 23.2. The molecule has 200 valence electrons. The van der Waals surface area contributed by atoms with E-state index in [0.717, 1.165) is 16.1 Å². The van der Waals surface area contributed by atoms with E-state index in [1.165, 1.54) is 11.3 Å². The lowest BCUT2D eigenvalue weighted by molar-refractivity contribution is -0.146. The van der Waals surface area contributed by atoms with Crippen molar-refractivity contribution < 1.29 is 14.4 Å². The molecule has 0 bridgehead atoms. The van der Waals surface area contributed by atoms with Gasteiger partial charge in [-0.05, 0) is 72.5 Å². The maximum absolute atomic E-state index is 13.1. The molecule has 0 aliphatic carbocycles. The first-order valence-electron chi connectivity index (χ1n) is 12.1. The van der Waals surface area contributed by atoms with Gasteiger partial charge in [-0.15, -0.1) is 11.3 Å². The van der Waals surface area contributed by atoms with Gasteiger partial charge in [0.2, 0.25) is 12.3 Å². The van der Waals surface area contributed by atoms with Crippen LogP contribution in [-0.2, 0) is 9.59 Å². The van der Waals surface area contributed by atoms with Gasteiger partial charge in [-0.3, -0.25) is 14.4 Å². The molecule has 0 radical (unpaired) electrons. The third-order valence-electron chi connectivity index (χ3n) is 5.63. The minimum atomic E-state index is -0.899. The zero-order valence-corrected chi connectivity index (χ0v) is 24.0. The SMILES string of the molecule is CCN1CCN(C(=O)c2cc(C(C)C)sc2NC=O)C(C)(C)C1=O.CN(C)C.Cc1ccccc1N. The molecule has 1 fully saturated rings. The number of hydrogen-bond acceptors (Lipinski definition) is 6. The fraction of sp³-hybridized carbons (Fsp3) is 0.519. The predicted octanol–water partition coefficient (Wildman–Crippen LogP) is 4.28. The molecule has 9 heteroatoms. The molecule has 3 N–H and O–H groups in total. The number of nitrogen functional groups attached to an aromatic ring is 1. The van der Waals surface area contributed by atoms with Gasteiger partial charge in [0.05, 0.1) is 5.56 Å². The Morgan fingerprint density at radius 1 is 1.22 bits per heavy atom. The predicted molar refractivity (Wildman–Crippen MR) is 151 cm³/mol. The zero-order chi connectivity index (χ0) is 27.6. The first kappa shape index (κ1) is 31.1. The number of piperazine rings is 1. The molecule has 3 amide bonds. The van der Waals surface area contributed by atoms with Crippen molar-refractivity contribution in [1.29, 1.82) is 0 Å². The molecule has 1 saturated heterocycles. The first-order valence-corrected chi connectivity index (χ1v) is 13.0. The molecule has 36 heavy (non-hydrogen) atoms. The van der Waals surface area contributed by atoms with E-state index in [-0.39, 0.29) is 17.7 Å². The number of likely N-dealkylation sites (N-methyl/N-ethyl adjacent to an activating group) is 1. The van der Waals surface area contributed by atoms with E-state index in [1.54, 1.807) is 23.6 Å². The molecule has 1 aliphatic rings. The third-order valence-corrected chi connectivity index (χ3v) is 7.00. The maximum Gasteiger partial charge on any atom is 0.257 e. The summed E-state index contributed by atoms with van der Waals surface area (Å²) in [5, 5.41) is 3.17. The summed E-state index contributed by atoms with van der Waals surface area (Å²) in [4.78, 5) is 43.0. The quantitative estimate of drug-likeness (QED) is 0.456. The molecule has 1 aromatic heterocycles. The van der Waals surface area contributed by atoms with Crippen molar-refractivity contribution in [2.75, 3.05) is 51.8 Å². The Morgan fingerprint density at radius 3 is 2.25 bits per heavy atom. The summed E-state index contributed by atoms with van der Waals surface area (Å²) < 4.78 is 0. The average Bonchev–Trinajstić information content (AvgIpc) is 3.22. The number of nitrogens with two attached hydrogens (primary N) is 1. The molecule has 2 aromatic rings. The number of carbonyl (C=O) groups excluding carboxylic acids is 3. The van der Waals surface area contributed by atoms with Crippen LogP contribution in [-0.4, -0.2) is 79.2 Å². The van der Waals surface area contributed by atoms with Crippen LogP contribution in [0.1, 0.15) is 61.3 Å². The molecule has 0 atom stereocenters. The summed E-state index contributed by atoms with van der Waals surface area (Å²) in [6, 6.07) is 9.63. The minimum Gasteiger partial charge on any atom is -0.399 e. The van der Waals surface area contributed by atoms with E-state index < -0.39 is 5.54 Å². The van der Waals surface area contributed by atoms with Crippen LogP contribution in [0.5, 0.6) is 0 Å². The lowest BCUT2D eigenvalue weighted by Gasteiger charge is -2.45. The number of rotatable bonds is 5. The number of aryl methyl sites for hydroxylation is 1. The molecule has 8 nitrogen and oxygen atoms in total. The van der Waals surface area contributed by atoms with Crippen molar-refractivity contribution in [3.05, 3.63) is 46.3 Å². The Bertz CT molecular complexity index is 993. The smallest absolute Gasteiger partial charge is 0.257 e. The van der Waals surface area contributed by atoms with Crippen molar-refractivity contribution >= 4 is 40.2 Å². The van der Waals surface area contributed by atoms with E-state index in [2.05, 4.69) is 5.32 Å². The summed E-state index contributed by atoms with van der Waals surface area (Å²) in [5.41, 5.74) is 7.09. The van der Waals surface area contributed by atoms with E-state index in [9.17, 15) is 14.4 Å². The molecule has 2 heterocycles. The van der Waals surface area contributed by atoms with Crippen LogP contribution in [0.25, 0.3) is 0 Å². The van der Waals surface area contributed by atoms with Gasteiger partial charge in [-0.25, -0.2) is 0 Å². The van der Waals surface area contributed by atoms with Gasteiger partial charge in [-0.1, -0.05) is 32.0 Å². The molecule has 1 aliphatic heterocycles. The van der Waals surface area contributed by atoms with Gasteiger partial charge in [0.1, 0.15) is 10.5 Å². The van der Waals surface area contributed by atoms with Crippen LogP contribution in [0.4, 0.5) is 10.7 Å². The third kappa shape index (κ3) is 8.34. The van der Waals surface area contributed by atoms with E-state index in [1.807, 2.05) is 84.1 Å². The number of benzene rings is 1. The lowest BCUT2D eigenvalue weighted by atomic mass is 9.96. The molecule has 0 spiro atoms. The topological polar surface area (TPSA) is 99.0 Å². The molecular formula is C27H43N5O3S. The monoisotopic (exact) mass is 517 g/mol. The Kier molecular flexibility index (Phi) is 12.1. The number of nitrogens with zero attached hydrogens (tertiary/aromatic N) is 3. The summed E-state index contributed by atoms with van der Waals surface area (Å²) in [6.07, 6.45) is 0.581. The number of thiophene rings is 1. The van der Waals surface area contributed by atoms with Crippen molar-refractivity contribution in [3.8, 4) is 0 Å². The van der Waals surface area contributed by atoms with E-state index >= 15 is 0 Å². The van der Waals surface area contributed by atoms with E-state index in [4.69, 9.17) is 5.73 Å². The average molecular weight is 518 g/mol. The summed E-state index contributed by atoms with van der Waals surface area (Å²) in [6.45, 7) is 13.2. The Balaban J connectivity index is 0.000000443. The van der Waals surface area contributed by atoms with Crippen LogP contribution in [0, 0.1) is 6.92 Å². The van der Waals surface area contributed by atoms with Gasteiger partial charge in [0.15, 0.2) is 0 Å². The maximum atomic E-state index is 13.1. The highest BCUT2D eigenvalue weighted by Gasteiger charge is 2.44. The highest BCUT2D eigenvalue weighted by Crippen LogP contribution is 2.35. The Morgan fingerprint density at radius 2 is 1.81 bits per heavy atom. The normalized spacial score (nSPS) is 14.6. The van der Waals surface area contributed by atoms with Crippen LogP contribution in [0.2, 0.25) is 0 Å². The van der Waals surface area contributed by atoms with Crippen LogP contribution < -0.4 is 11.1 Å². The van der Waals surface area contributed by atoms with Crippen LogP contribution >= 0.6 is 11.3 Å². The van der Waals surface area contributed by atoms with Gasteiger partial charge >= 0.3 is 0 Å². The van der Waals surface area contributed by atoms with Crippen molar-refractivity contribution in [2.24, 2.45) is 0 Å². The second-order valence-corrected chi connectivity index (χ2v) is 11.0. The van der Waals surface area contributed by atoms with Gasteiger partial charge in [-0.2, -0.15) is 0 Å². The summed E-state index contributed by atoms with van der Waals surface area (Å²) in [7, 11) is 6.00. The molecule has 0 unspecified atom stereocenters. The Labute approximate surface area is 220 Å². The molecule has 0 saturated carbocycles. The number of hydrogen-bond donors (Lipinski definition) is 2. The molecular weight excluding hydrogens is 474 g/mol. The van der Waals surface area contributed by atoms with Crippen LogP contribution in [0.3, 0.4) is 0 Å². The molecule has 1 aromatic carbocycles. The van der Waals surface area contributed by atoms with Crippen molar-refractivity contribution in [3.63, 3.8) is 0 Å². The number of carbonyl (C=O) groups is 3. The van der Waals surface area contributed by atoms with Gasteiger partial charge < -0.3 is 25.8 Å². The van der Waals surface area contributed by atoms with Crippen molar-refractivity contribution in [2.45, 2.75) is 53.0 Å². The highest BCUT2D eigenvalue weighted by molar-refractivity contribution is 7.16. The highest BCUT2D eigenvalue weighted by atomic mass is 32.1. The van der Waals surface area contributed by atoms with Gasteiger partial charge in [0, 0.05) is 30.2 Å². The Hall–Kier alpha value is -2.91. The largest absolute Gasteiger partial charge is 0.399 e.